The van der Waals surface area contributed by atoms with Crippen LogP contribution in [0.2, 0.25) is 0 Å². The molecule has 1 aliphatic heterocycles. The predicted octanol–water partition coefficient (Wildman–Crippen LogP) is 3.45. The monoisotopic (exact) mass is 735 g/mol. The average Bonchev–Trinajstić information content (AvgIpc) is 3.53. The zero-order valence-electron chi connectivity index (χ0n) is 20.3. The first kappa shape index (κ1) is 29.4. The number of nitrogens with zero attached hydrogens (tertiary/aromatic N) is 2. The van der Waals surface area contributed by atoms with Crippen LogP contribution in [0, 0.1) is 56.8 Å². The average molecular weight is 736 g/mol. The number of carbonyl (C=O) groups excluding carboxylic acids is 1. The second-order valence-electron chi connectivity index (χ2n) is 7.62. The number of nitrogens with one attached hydrogen (secondary N) is 1. The third-order valence-electron chi connectivity index (χ3n) is 5.34. The van der Waals surface area contributed by atoms with Gasteiger partial charge in [-0.1, -0.05) is 18.1 Å². The molecule has 2 heterocycles. The number of benzene rings is 2. The van der Waals surface area contributed by atoms with Gasteiger partial charge >= 0.3 is 31.1 Å². The van der Waals surface area contributed by atoms with Crippen LogP contribution in [0.5, 0.6) is 11.5 Å². The summed E-state index contributed by atoms with van der Waals surface area (Å²) in [6.07, 6.45) is 8.62. The van der Waals surface area contributed by atoms with Crippen molar-refractivity contribution in [3.8, 4) is 23.8 Å². The Morgan fingerprint density at radius 1 is 1.28 bits per heavy atom. The summed E-state index contributed by atoms with van der Waals surface area (Å²) in [6.45, 7) is 7.29. The first-order valence-corrected chi connectivity index (χ1v) is 12.3. The minimum absolute atomic E-state index is 0. The number of anilines is 1. The summed E-state index contributed by atoms with van der Waals surface area (Å²) in [4.78, 5) is 12.4. The van der Waals surface area contributed by atoms with Gasteiger partial charge in [0.25, 0.3) is 15.9 Å². The van der Waals surface area contributed by atoms with Gasteiger partial charge in [-0.25, -0.2) is 8.42 Å². The van der Waals surface area contributed by atoms with Crippen molar-refractivity contribution in [2.75, 3.05) is 32.0 Å². The fraction of sp³-hybridized carbons (Fsp3) is 0.280. The number of carbonyl (C=O) groups is 1. The Labute approximate surface area is 235 Å². The molecule has 11 heteroatoms. The van der Waals surface area contributed by atoms with Crippen LogP contribution in [0.1, 0.15) is 24.5 Å². The van der Waals surface area contributed by atoms with E-state index in [-0.39, 0.29) is 53.5 Å². The van der Waals surface area contributed by atoms with Gasteiger partial charge < -0.3 is 25.3 Å². The number of hydrogen-bond donors (Lipinski definition) is 1. The van der Waals surface area contributed by atoms with E-state index in [1.54, 1.807) is 29.2 Å². The molecule has 1 saturated heterocycles. The van der Waals surface area contributed by atoms with Crippen molar-refractivity contribution >= 4 is 32.7 Å². The molecule has 0 bridgehead atoms. The molecule has 1 N–H and O–H groups in total. The summed E-state index contributed by atoms with van der Waals surface area (Å²) in [5.74, 6) is 2.59. The molecule has 36 heavy (non-hydrogen) atoms. The van der Waals surface area contributed by atoms with Crippen LogP contribution in [0.25, 0.3) is 11.0 Å². The molecule has 2 aromatic carbocycles. The van der Waals surface area contributed by atoms with E-state index in [4.69, 9.17) is 20.4 Å². The minimum atomic E-state index is -3.95. The van der Waals surface area contributed by atoms with Gasteiger partial charge in [0.05, 0.1) is 25.4 Å². The smallest absolute Gasteiger partial charge is 0.509 e. The van der Waals surface area contributed by atoms with Gasteiger partial charge in [0.1, 0.15) is 16.2 Å². The molecule has 1 aromatic heterocycles. The number of sulfonamides is 1. The largest absolute Gasteiger partial charge is 2.00 e. The second-order valence-corrected chi connectivity index (χ2v) is 9.27. The van der Waals surface area contributed by atoms with E-state index >= 15 is 0 Å². The number of fused-ring (bicyclic) bond motifs is 1. The van der Waals surface area contributed by atoms with E-state index in [1.165, 1.54) is 14.2 Å². The molecule has 3 aromatic rings. The summed E-state index contributed by atoms with van der Waals surface area (Å²) in [6, 6.07) is 8.36. The zero-order valence-corrected chi connectivity index (χ0v) is 25.3. The molecule has 1 aliphatic rings. The number of aromatic nitrogens is 1. The van der Waals surface area contributed by atoms with E-state index in [9.17, 15) is 13.2 Å². The van der Waals surface area contributed by atoms with Gasteiger partial charge in [-0.05, 0) is 36.6 Å². The first-order chi connectivity index (χ1) is 16.7. The van der Waals surface area contributed by atoms with Crippen LogP contribution in [0.4, 0.5) is 5.82 Å². The fourth-order valence-corrected chi connectivity index (χ4v) is 4.74. The van der Waals surface area contributed by atoms with E-state index in [1.807, 2.05) is 13.0 Å². The number of hydrogen-bond acceptors (Lipinski definition) is 7. The number of methoxy groups -OCH3 is 2. The topological polar surface area (TPSA) is 111 Å². The molecule has 4 rings (SSSR count). The standard InChI is InChI=1S/C18H19N2O5S.C7H8NO.U/c1-5-12-6-7-13(23-3)16(10-12)26(21,22)20-18-17-14(24-4)8-11(2)9-15(17)25-19-18;1-2-7(9)8-5-3-4-6-8;/h6-10H,2,5H2,1,3-4H3,(H,19,20);1,3H,4-6H2;/q2*-1;+2. The van der Waals surface area contributed by atoms with Crippen LogP contribution in [0.15, 0.2) is 39.8 Å². The third-order valence-corrected chi connectivity index (χ3v) is 6.70. The maximum atomic E-state index is 12.9. The van der Waals surface area contributed by atoms with Crippen molar-refractivity contribution in [1.82, 2.24) is 10.1 Å². The zero-order chi connectivity index (χ0) is 25.6. The molecular formula is C25H27N3O6SU. The molecule has 0 saturated carbocycles. The van der Waals surface area contributed by atoms with Gasteiger partial charge in [-0.15, -0.1) is 25.1 Å². The summed E-state index contributed by atoms with van der Waals surface area (Å²) in [5.41, 5.74) is 1.91. The van der Waals surface area contributed by atoms with Crippen molar-refractivity contribution in [3.63, 3.8) is 0 Å². The van der Waals surface area contributed by atoms with Crippen LogP contribution in [-0.4, -0.2) is 51.7 Å². The van der Waals surface area contributed by atoms with E-state index in [0.29, 0.717) is 28.7 Å². The quantitative estimate of drug-likeness (QED) is 0.305. The Morgan fingerprint density at radius 2 is 2.00 bits per heavy atom. The molecule has 0 radical (unpaired) electrons. The molecular weight excluding hydrogens is 708 g/mol. The van der Waals surface area contributed by atoms with E-state index in [2.05, 4.69) is 29.1 Å². The molecule has 0 unspecified atom stereocenters. The van der Waals surface area contributed by atoms with Gasteiger partial charge in [0.2, 0.25) is 0 Å². The number of likely N-dealkylation sites (tertiary alicyclic amines) is 1. The Hall–Kier alpha value is -2.79. The van der Waals surface area contributed by atoms with Crippen molar-refractivity contribution in [2.24, 2.45) is 0 Å². The normalized spacial score (nSPS) is 12.7. The Morgan fingerprint density at radius 3 is 2.58 bits per heavy atom. The number of ether oxygens (including phenoxy) is 2. The molecule has 0 atom stereocenters. The van der Waals surface area contributed by atoms with Crippen molar-refractivity contribution in [2.45, 2.75) is 24.7 Å². The molecule has 0 aliphatic carbocycles. The Kier molecular flexibility index (Phi) is 10.6. The number of aryl methyl sites for hydroxylation is 1. The van der Waals surface area contributed by atoms with Crippen LogP contribution in [-0.2, 0) is 21.2 Å². The summed E-state index contributed by atoms with van der Waals surface area (Å²) in [7, 11) is -1.05. The van der Waals surface area contributed by atoms with Gasteiger partial charge in [-0.2, -0.15) is 18.9 Å². The van der Waals surface area contributed by atoms with E-state index in [0.717, 1.165) is 25.1 Å². The molecule has 0 spiro atoms. The molecule has 1 amide bonds. The predicted molar refractivity (Wildman–Crippen MR) is 133 cm³/mol. The minimum Gasteiger partial charge on any atom is -0.509 e. The maximum absolute atomic E-state index is 12.9. The van der Waals surface area contributed by atoms with Gasteiger partial charge in [0.15, 0.2) is 5.82 Å². The number of amides is 1. The first-order valence-electron chi connectivity index (χ1n) is 10.8. The molecule has 1 fully saturated rings. The van der Waals surface area contributed by atoms with Crippen molar-refractivity contribution in [3.05, 3.63) is 54.8 Å². The van der Waals surface area contributed by atoms with Crippen molar-refractivity contribution in [1.29, 1.82) is 0 Å². The van der Waals surface area contributed by atoms with Crippen LogP contribution >= 0.6 is 0 Å². The van der Waals surface area contributed by atoms with Gasteiger partial charge in [-0.3, -0.25) is 9.52 Å². The van der Waals surface area contributed by atoms with Gasteiger partial charge in [0, 0.05) is 0 Å². The van der Waals surface area contributed by atoms with Crippen molar-refractivity contribution < 1.29 is 58.3 Å². The number of terminal acetylenes is 1. The number of rotatable bonds is 6. The summed E-state index contributed by atoms with van der Waals surface area (Å²) < 4.78 is 44.1. The summed E-state index contributed by atoms with van der Waals surface area (Å²) >= 11 is 0. The van der Waals surface area contributed by atoms with Crippen LogP contribution in [0.3, 0.4) is 0 Å². The Balaban J connectivity index is 0.000000386. The van der Waals surface area contributed by atoms with Crippen LogP contribution < -0.4 is 14.2 Å². The SMILES string of the molecule is C#CC(=O)N1C[CH-]CC1.[CH2-]c1cc(OC)c2c(NS(=O)(=O)c3cc(CC)ccc3OC)noc2c1.[U+2]. The fourth-order valence-electron chi connectivity index (χ4n) is 3.52. The molecule has 188 valence electrons. The maximum Gasteiger partial charge on any atom is 2.00 e. The third kappa shape index (κ3) is 6.70. The van der Waals surface area contributed by atoms with E-state index < -0.39 is 10.0 Å². The summed E-state index contributed by atoms with van der Waals surface area (Å²) in [5, 5.41) is 4.27. The second kappa shape index (κ2) is 13.0. The molecule has 9 nitrogen and oxygen atoms in total. The Bertz CT molecular complexity index is 1360.